The Kier molecular flexibility index (Phi) is 3.57. The molecule has 1 heterocycles. The molecule has 0 radical (unpaired) electrons. The van der Waals surface area contributed by atoms with E-state index in [-0.39, 0.29) is 5.78 Å². The number of ketones is 1. The maximum atomic E-state index is 12.2. The predicted molar refractivity (Wildman–Crippen MR) is 67.2 cm³/mol. The van der Waals surface area contributed by atoms with E-state index in [0.29, 0.717) is 22.6 Å². The molecule has 2 rings (SSSR count). The molecule has 0 aliphatic rings. The van der Waals surface area contributed by atoms with Gasteiger partial charge in [-0.05, 0) is 30.3 Å². The van der Waals surface area contributed by atoms with E-state index in [2.05, 4.69) is 4.98 Å². The van der Waals surface area contributed by atoms with Crippen molar-refractivity contribution in [2.45, 2.75) is 0 Å². The Morgan fingerprint density at radius 3 is 2.44 bits per heavy atom. The SMILES string of the molecule is COc1ccc(C(=O)c2cccnc2)cc1OC. The highest BCUT2D eigenvalue weighted by atomic mass is 16.5. The zero-order chi connectivity index (χ0) is 13.0. The van der Waals surface area contributed by atoms with Crippen molar-refractivity contribution in [3.8, 4) is 11.5 Å². The summed E-state index contributed by atoms with van der Waals surface area (Å²) < 4.78 is 10.3. The van der Waals surface area contributed by atoms with Crippen LogP contribution < -0.4 is 9.47 Å². The van der Waals surface area contributed by atoms with Crippen molar-refractivity contribution in [3.63, 3.8) is 0 Å². The number of aromatic nitrogens is 1. The standard InChI is InChI=1S/C14H13NO3/c1-17-12-6-5-10(8-13(12)18-2)14(16)11-4-3-7-15-9-11/h3-9H,1-2H3. The molecular formula is C14H13NO3. The molecule has 2 aromatic rings. The molecule has 0 aliphatic heterocycles. The summed E-state index contributed by atoms with van der Waals surface area (Å²) in [6, 6.07) is 8.54. The minimum Gasteiger partial charge on any atom is -0.493 e. The van der Waals surface area contributed by atoms with E-state index in [1.165, 1.54) is 7.11 Å². The largest absolute Gasteiger partial charge is 0.493 e. The van der Waals surface area contributed by atoms with Gasteiger partial charge in [0.25, 0.3) is 0 Å². The molecule has 0 unspecified atom stereocenters. The summed E-state index contributed by atoms with van der Waals surface area (Å²) in [4.78, 5) is 16.1. The third-order valence-electron chi connectivity index (χ3n) is 2.57. The van der Waals surface area contributed by atoms with Crippen LogP contribution in [0.3, 0.4) is 0 Å². The van der Waals surface area contributed by atoms with Gasteiger partial charge in [-0.3, -0.25) is 9.78 Å². The van der Waals surface area contributed by atoms with Crippen molar-refractivity contribution < 1.29 is 14.3 Å². The van der Waals surface area contributed by atoms with E-state index >= 15 is 0 Å². The number of methoxy groups -OCH3 is 2. The van der Waals surface area contributed by atoms with Crippen LogP contribution in [0.4, 0.5) is 0 Å². The maximum Gasteiger partial charge on any atom is 0.194 e. The monoisotopic (exact) mass is 243 g/mol. The summed E-state index contributed by atoms with van der Waals surface area (Å²) >= 11 is 0. The molecule has 92 valence electrons. The van der Waals surface area contributed by atoms with Crippen molar-refractivity contribution >= 4 is 5.78 Å². The van der Waals surface area contributed by atoms with E-state index in [1.807, 2.05) is 0 Å². The van der Waals surface area contributed by atoms with E-state index in [4.69, 9.17) is 9.47 Å². The number of rotatable bonds is 4. The van der Waals surface area contributed by atoms with Gasteiger partial charge in [-0.15, -0.1) is 0 Å². The first kappa shape index (κ1) is 12.1. The average molecular weight is 243 g/mol. The topological polar surface area (TPSA) is 48.4 Å². The van der Waals surface area contributed by atoms with Crippen LogP contribution in [-0.2, 0) is 0 Å². The Morgan fingerprint density at radius 1 is 1.06 bits per heavy atom. The van der Waals surface area contributed by atoms with Gasteiger partial charge in [-0.1, -0.05) is 0 Å². The number of hydrogen-bond donors (Lipinski definition) is 0. The second-order valence-electron chi connectivity index (χ2n) is 3.64. The molecule has 0 atom stereocenters. The third-order valence-corrected chi connectivity index (χ3v) is 2.57. The van der Waals surface area contributed by atoms with Crippen molar-refractivity contribution in [1.82, 2.24) is 4.98 Å². The Bertz CT molecular complexity index is 552. The highest BCUT2D eigenvalue weighted by molar-refractivity contribution is 6.09. The highest BCUT2D eigenvalue weighted by Crippen LogP contribution is 2.28. The van der Waals surface area contributed by atoms with Crippen LogP contribution in [0, 0.1) is 0 Å². The summed E-state index contributed by atoms with van der Waals surface area (Å²) in [7, 11) is 3.09. The lowest BCUT2D eigenvalue weighted by Crippen LogP contribution is -2.02. The number of benzene rings is 1. The maximum absolute atomic E-state index is 12.2. The van der Waals surface area contributed by atoms with E-state index in [1.54, 1.807) is 49.8 Å². The fourth-order valence-corrected chi connectivity index (χ4v) is 1.64. The molecular weight excluding hydrogens is 230 g/mol. The first-order valence-electron chi connectivity index (χ1n) is 5.43. The Labute approximate surface area is 105 Å². The van der Waals surface area contributed by atoms with Crippen molar-refractivity contribution in [3.05, 3.63) is 53.9 Å². The minimum atomic E-state index is -0.0935. The summed E-state index contributed by atoms with van der Waals surface area (Å²) in [6.45, 7) is 0. The zero-order valence-corrected chi connectivity index (χ0v) is 10.2. The van der Waals surface area contributed by atoms with Crippen LogP contribution in [0.1, 0.15) is 15.9 Å². The second-order valence-corrected chi connectivity index (χ2v) is 3.64. The van der Waals surface area contributed by atoms with Crippen LogP contribution in [0.5, 0.6) is 11.5 Å². The van der Waals surface area contributed by atoms with Crippen molar-refractivity contribution in [2.24, 2.45) is 0 Å². The van der Waals surface area contributed by atoms with Gasteiger partial charge in [0, 0.05) is 23.5 Å². The summed E-state index contributed by atoms with van der Waals surface area (Å²) in [6.07, 6.45) is 3.17. The zero-order valence-electron chi connectivity index (χ0n) is 10.2. The highest BCUT2D eigenvalue weighted by Gasteiger charge is 2.12. The molecule has 0 N–H and O–H groups in total. The summed E-state index contributed by atoms with van der Waals surface area (Å²) in [5.74, 6) is 1.04. The number of hydrogen-bond acceptors (Lipinski definition) is 4. The van der Waals surface area contributed by atoms with Gasteiger partial charge >= 0.3 is 0 Å². The van der Waals surface area contributed by atoms with E-state index in [9.17, 15) is 4.79 Å². The van der Waals surface area contributed by atoms with Crippen LogP contribution in [-0.4, -0.2) is 25.0 Å². The number of pyridine rings is 1. The molecule has 0 aliphatic carbocycles. The lowest BCUT2D eigenvalue weighted by atomic mass is 10.0. The third kappa shape index (κ3) is 2.32. The fraction of sp³-hybridized carbons (Fsp3) is 0.143. The molecule has 0 bridgehead atoms. The smallest absolute Gasteiger partial charge is 0.194 e. The number of ether oxygens (including phenoxy) is 2. The number of nitrogens with zero attached hydrogens (tertiary/aromatic N) is 1. The molecule has 0 fully saturated rings. The van der Waals surface area contributed by atoms with Gasteiger partial charge in [-0.2, -0.15) is 0 Å². The predicted octanol–water partition coefficient (Wildman–Crippen LogP) is 2.33. The fourth-order valence-electron chi connectivity index (χ4n) is 1.64. The molecule has 0 amide bonds. The molecule has 0 spiro atoms. The van der Waals surface area contributed by atoms with Gasteiger partial charge in [-0.25, -0.2) is 0 Å². The Morgan fingerprint density at radius 2 is 1.83 bits per heavy atom. The van der Waals surface area contributed by atoms with Crippen LogP contribution in [0.15, 0.2) is 42.7 Å². The normalized spacial score (nSPS) is 9.89. The quantitative estimate of drug-likeness (QED) is 0.773. The van der Waals surface area contributed by atoms with E-state index < -0.39 is 0 Å². The molecule has 0 saturated heterocycles. The lowest BCUT2D eigenvalue weighted by Gasteiger charge is -2.08. The molecule has 4 nitrogen and oxygen atoms in total. The van der Waals surface area contributed by atoms with Crippen LogP contribution in [0.25, 0.3) is 0 Å². The minimum absolute atomic E-state index is 0.0935. The Balaban J connectivity index is 2.37. The van der Waals surface area contributed by atoms with Crippen molar-refractivity contribution in [1.29, 1.82) is 0 Å². The first-order valence-corrected chi connectivity index (χ1v) is 5.43. The Hall–Kier alpha value is -2.36. The molecule has 1 aromatic carbocycles. The van der Waals surface area contributed by atoms with Gasteiger partial charge in [0.05, 0.1) is 14.2 Å². The molecule has 4 heteroatoms. The van der Waals surface area contributed by atoms with Crippen molar-refractivity contribution in [2.75, 3.05) is 14.2 Å². The molecule has 0 saturated carbocycles. The van der Waals surface area contributed by atoms with Gasteiger partial charge in [0.2, 0.25) is 0 Å². The summed E-state index contributed by atoms with van der Waals surface area (Å²) in [5, 5.41) is 0. The van der Waals surface area contributed by atoms with Gasteiger partial charge in [0.1, 0.15) is 0 Å². The molecule has 18 heavy (non-hydrogen) atoms. The average Bonchev–Trinajstić information content (AvgIpc) is 2.46. The lowest BCUT2D eigenvalue weighted by molar-refractivity contribution is 0.103. The number of carbonyl (C=O) groups is 1. The number of carbonyl (C=O) groups excluding carboxylic acids is 1. The van der Waals surface area contributed by atoms with Crippen LogP contribution >= 0.6 is 0 Å². The van der Waals surface area contributed by atoms with E-state index in [0.717, 1.165) is 0 Å². The molecule has 1 aromatic heterocycles. The van der Waals surface area contributed by atoms with Crippen LogP contribution in [0.2, 0.25) is 0 Å². The van der Waals surface area contributed by atoms with Gasteiger partial charge < -0.3 is 9.47 Å². The summed E-state index contributed by atoms with van der Waals surface area (Å²) in [5.41, 5.74) is 1.09. The second kappa shape index (κ2) is 5.31. The van der Waals surface area contributed by atoms with Gasteiger partial charge in [0.15, 0.2) is 17.3 Å². The first-order chi connectivity index (χ1) is 8.76.